The Hall–Kier alpha value is -1.81. The first-order valence-electron chi connectivity index (χ1n) is 6.80. The molecule has 0 saturated heterocycles. The quantitative estimate of drug-likeness (QED) is 0.715. The zero-order chi connectivity index (χ0) is 16.8. The molecule has 0 bridgehead atoms. The fourth-order valence-electron chi connectivity index (χ4n) is 1.95. The molecule has 0 atom stereocenters. The number of hydrogen-bond acceptors (Lipinski definition) is 7. The third kappa shape index (κ3) is 4.58. The minimum Gasteiger partial charge on any atom is -0.382 e. The number of amides is 1. The van der Waals surface area contributed by atoms with Gasteiger partial charge >= 0.3 is 0 Å². The van der Waals surface area contributed by atoms with Crippen LogP contribution in [0.1, 0.15) is 6.92 Å². The van der Waals surface area contributed by atoms with Crippen LogP contribution in [0, 0.1) is 0 Å². The van der Waals surface area contributed by atoms with E-state index in [0.29, 0.717) is 24.4 Å². The van der Waals surface area contributed by atoms with E-state index in [1.54, 1.807) is 25.1 Å². The second-order valence-corrected chi connectivity index (χ2v) is 5.09. The lowest BCUT2D eigenvalue weighted by molar-refractivity contribution is -0.114. The number of methoxy groups -OCH3 is 2. The Morgan fingerprint density at radius 2 is 2.04 bits per heavy atom. The molecule has 0 radical (unpaired) electrons. The van der Waals surface area contributed by atoms with Gasteiger partial charge in [0.05, 0.1) is 19.5 Å². The maximum absolute atomic E-state index is 11.1. The minimum atomic E-state index is -0.287. The normalized spacial score (nSPS) is 11.3. The number of hydrogen-bond donors (Lipinski definition) is 1. The maximum Gasteiger partial charge on any atom is 0.233 e. The third-order valence-electron chi connectivity index (χ3n) is 2.87. The Labute approximate surface area is 137 Å². The zero-order valence-corrected chi connectivity index (χ0v) is 13.8. The number of carbonyl (C=O) groups is 1. The number of nitrogens with zero attached hydrogens (tertiary/aromatic N) is 4. The summed E-state index contributed by atoms with van der Waals surface area (Å²) in [5, 5.41) is 2.65. The summed E-state index contributed by atoms with van der Waals surface area (Å²) in [6.45, 7) is 2.35. The fourth-order valence-corrected chi connectivity index (χ4v) is 2.22. The summed E-state index contributed by atoms with van der Waals surface area (Å²) in [5.41, 5.74) is 0.890. The first kappa shape index (κ1) is 17.5. The molecular weight excluding hydrogens is 326 g/mol. The molecule has 9 nitrogen and oxygen atoms in total. The molecular formula is C13H18ClN5O4. The van der Waals surface area contributed by atoms with Crippen LogP contribution >= 0.6 is 11.6 Å². The highest BCUT2D eigenvalue weighted by atomic mass is 35.5. The third-order valence-corrected chi connectivity index (χ3v) is 3.14. The second-order valence-electron chi connectivity index (χ2n) is 4.73. The molecule has 0 aliphatic carbocycles. The molecule has 0 aliphatic heterocycles. The van der Waals surface area contributed by atoms with Crippen molar-refractivity contribution < 1.29 is 19.0 Å². The van der Waals surface area contributed by atoms with Crippen molar-refractivity contribution in [1.82, 2.24) is 19.5 Å². The van der Waals surface area contributed by atoms with Crippen molar-refractivity contribution in [2.45, 2.75) is 19.8 Å². The van der Waals surface area contributed by atoms with Crippen LogP contribution in [0.2, 0.25) is 5.15 Å². The van der Waals surface area contributed by atoms with Gasteiger partial charge in [-0.2, -0.15) is 9.97 Å². The van der Waals surface area contributed by atoms with E-state index >= 15 is 0 Å². The summed E-state index contributed by atoms with van der Waals surface area (Å²) >= 11 is 6.16. The lowest BCUT2D eigenvalue weighted by atomic mass is 10.4. The van der Waals surface area contributed by atoms with Crippen LogP contribution in [0.4, 0.5) is 5.95 Å². The van der Waals surface area contributed by atoms with Gasteiger partial charge in [-0.3, -0.25) is 10.1 Å². The molecule has 0 unspecified atom stereocenters. The zero-order valence-electron chi connectivity index (χ0n) is 13.1. The highest BCUT2D eigenvalue weighted by Gasteiger charge is 2.15. The summed E-state index contributed by atoms with van der Waals surface area (Å²) in [6, 6.07) is 0. The predicted octanol–water partition coefficient (Wildman–Crippen LogP) is 1.07. The molecule has 2 aromatic heterocycles. The summed E-state index contributed by atoms with van der Waals surface area (Å²) in [7, 11) is 3.18. The molecule has 0 saturated carbocycles. The highest BCUT2D eigenvalue weighted by Crippen LogP contribution is 2.21. The Kier molecular flexibility index (Phi) is 6.22. The molecule has 0 fully saturated rings. The Balaban J connectivity index is 2.17. The van der Waals surface area contributed by atoms with E-state index in [2.05, 4.69) is 20.3 Å². The number of halogens is 1. The summed E-state index contributed by atoms with van der Waals surface area (Å²) in [5.74, 6) is -0.178. The number of aromatic nitrogens is 4. The van der Waals surface area contributed by atoms with E-state index in [9.17, 15) is 4.79 Å². The second kappa shape index (κ2) is 8.16. The SMILES string of the molecule is COCC(COC)OCn1cnc2nc(NC(C)=O)nc(Cl)c21. The van der Waals surface area contributed by atoms with Crippen molar-refractivity contribution >= 4 is 34.6 Å². The van der Waals surface area contributed by atoms with Crippen LogP contribution in [0.25, 0.3) is 11.2 Å². The molecule has 126 valence electrons. The lowest BCUT2D eigenvalue weighted by Crippen LogP contribution is -2.25. The monoisotopic (exact) mass is 343 g/mol. The topological polar surface area (TPSA) is 100 Å². The van der Waals surface area contributed by atoms with Gasteiger partial charge in [0.15, 0.2) is 10.8 Å². The summed E-state index contributed by atoms with van der Waals surface area (Å²) < 4.78 is 17.5. The van der Waals surface area contributed by atoms with Gasteiger partial charge in [0, 0.05) is 21.1 Å². The van der Waals surface area contributed by atoms with E-state index in [-0.39, 0.29) is 29.8 Å². The van der Waals surface area contributed by atoms with Crippen molar-refractivity contribution in [2.75, 3.05) is 32.8 Å². The molecule has 23 heavy (non-hydrogen) atoms. The number of ether oxygens (including phenoxy) is 3. The fraction of sp³-hybridized carbons (Fsp3) is 0.538. The van der Waals surface area contributed by atoms with Crippen LogP contribution in [0.3, 0.4) is 0 Å². The number of fused-ring (bicyclic) bond motifs is 1. The van der Waals surface area contributed by atoms with Gasteiger partial charge in [-0.05, 0) is 0 Å². The first-order chi connectivity index (χ1) is 11.0. The number of anilines is 1. The van der Waals surface area contributed by atoms with Gasteiger partial charge in [-0.15, -0.1) is 0 Å². The molecule has 1 N–H and O–H groups in total. The largest absolute Gasteiger partial charge is 0.382 e. The lowest BCUT2D eigenvalue weighted by Gasteiger charge is -2.16. The summed E-state index contributed by atoms with van der Waals surface area (Å²) in [6.07, 6.45) is 1.32. The molecule has 0 aromatic carbocycles. The van der Waals surface area contributed by atoms with Gasteiger partial charge in [0.2, 0.25) is 11.9 Å². The molecule has 2 rings (SSSR count). The molecule has 2 heterocycles. The van der Waals surface area contributed by atoms with E-state index < -0.39 is 0 Å². The van der Waals surface area contributed by atoms with Crippen LogP contribution in [-0.4, -0.2) is 59.0 Å². The summed E-state index contributed by atoms with van der Waals surface area (Å²) in [4.78, 5) is 23.4. The average molecular weight is 344 g/mol. The smallest absolute Gasteiger partial charge is 0.233 e. The minimum absolute atomic E-state index is 0.109. The standard InChI is InChI=1S/C13H18ClN5O4/c1-8(20)16-13-17-11(14)10-12(18-13)15-6-19(10)7-23-9(4-21-2)5-22-3/h6,9H,4-5,7H2,1-3H3,(H,16,17,18,20). The van der Waals surface area contributed by atoms with Gasteiger partial charge in [0.25, 0.3) is 0 Å². The van der Waals surface area contributed by atoms with E-state index in [4.69, 9.17) is 25.8 Å². The number of carbonyl (C=O) groups excluding carboxylic acids is 1. The van der Waals surface area contributed by atoms with Gasteiger partial charge in [0.1, 0.15) is 18.4 Å². The van der Waals surface area contributed by atoms with Crippen molar-refractivity contribution in [3.8, 4) is 0 Å². The van der Waals surface area contributed by atoms with E-state index in [0.717, 1.165) is 0 Å². The molecule has 10 heteroatoms. The maximum atomic E-state index is 11.1. The average Bonchev–Trinajstić information content (AvgIpc) is 2.88. The first-order valence-corrected chi connectivity index (χ1v) is 7.18. The van der Waals surface area contributed by atoms with Crippen LogP contribution in [0.5, 0.6) is 0 Å². The van der Waals surface area contributed by atoms with Crippen LogP contribution in [0.15, 0.2) is 6.33 Å². The van der Waals surface area contributed by atoms with E-state index in [1.807, 2.05) is 0 Å². The van der Waals surface area contributed by atoms with Crippen LogP contribution < -0.4 is 5.32 Å². The highest BCUT2D eigenvalue weighted by molar-refractivity contribution is 6.33. The van der Waals surface area contributed by atoms with Gasteiger partial charge < -0.3 is 18.8 Å². The molecule has 0 aliphatic rings. The van der Waals surface area contributed by atoms with E-state index in [1.165, 1.54) is 6.92 Å². The molecule has 1 amide bonds. The van der Waals surface area contributed by atoms with Crippen molar-refractivity contribution in [2.24, 2.45) is 0 Å². The molecule has 0 spiro atoms. The van der Waals surface area contributed by atoms with Crippen molar-refractivity contribution in [3.05, 3.63) is 11.5 Å². The van der Waals surface area contributed by atoms with Crippen molar-refractivity contribution in [1.29, 1.82) is 0 Å². The Morgan fingerprint density at radius 3 is 2.65 bits per heavy atom. The Bertz CT molecular complexity index is 672. The number of rotatable bonds is 8. The predicted molar refractivity (Wildman–Crippen MR) is 83.3 cm³/mol. The Morgan fingerprint density at radius 1 is 1.35 bits per heavy atom. The number of nitrogens with one attached hydrogen (secondary N) is 1. The van der Waals surface area contributed by atoms with Gasteiger partial charge in [-0.1, -0.05) is 11.6 Å². The van der Waals surface area contributed by atoms with Gasteiger partial charge in [-0.25, -0.2) is 4.98 Å². The van der Waals surface area contributed by atoms with Crippen molar-refractivity contribution in [3.63, 3.8) is 0 Å². The molecule has 2 aromatic rings. The number of imidazole rings is 1. The van der Waals surface area contributed by atoms with Crippen LogP contribution in [-0.2, 0) is 25.7 Å².